The molecule has 0 fully saturated rings. The summed E-state index contributed by atoms with van der Waals surface area (Å²) in [5.74, 6) is -0.727. The summed E-state index contributed by atoms with van der Waals surface area (Å²) in [6.07, 6.45) is 0.756. The van der Waals surface area contributed by atoms with Gasteiger partial charge in [0.2, 0.25) is 10.0 Å². The van der Waals surface area contributed by atoms with Crippen molar-refractivity contribution >= 4 is 16.0 Å². The quantitative estimate of drug-likeness (QED) is 0.876. The molecule has 21 heavy (non-hydrogen) atoms. The Kier molecular flexibility index (Phi) is 5.53. The Hall–Kier alpha value is -1.40. The number of carboxylic acid groups (broad SMARTS) is 1. The SMILES string of the molecule is Cc1cc(C(=O)O)cc(S(=O)(=O)N(C)CCC(C)C)c1C. The Morgan fingerprint density at radius 2 is 1.86 bits per heavy atom. The summed E-state index contributed by atoms with van der Waals surface area (Å²) >= 11 is 0. The second-order valence-corrected chi connectivity index (χ2v) is 7.74. The number of nitrogens with zero attached hydrogens (tertiary/aromatic N) is 1. The summed E-state index contributed by atoms with van der Waals surface area (Å²) in [4.78, 5) is 11.2. The molecule has 0 bridgehead atoms. The molecule has 0 unspecified atom stereocenters. The fourth-order valence-corrected chi connectivity index (χ4v) is 3.45. The van der Waals surface area contributed by atoms with Gasteiger partial charge in [0.1, 0.15) is 0 Å². The molecular formula is C15H23NO4S. The second kappa shape index (κ2) is 6.58. The second-order valence-electron chi connectivity index (χ2n) is 5.73. The lowest BCUT2D eigenvalue weighted by atomic mass is 10.1. The number of rotatable bonds is 6. The van der Waals surface area contributed by atoms with Gasteiger partial charge in [-0.2, -0.15) is 0 Å². The normalized spacial score (nSPS) is 12.1. The maximum Gasteiger partial charge on any atom is 0.335 e. The summed E-state index contributed by atoms with van der Waals surface area (Å²) in [5, 5.41) is 9.10. The molecule has 118 valence electrons. The van der Waals surface area contributed by atoms with E-state index in [1.807, 2.05) is 13.8 Å². The Morgan fingerprint density at radius 3 is 2.33 bits per heavy atom. The highest BCUT2D eigenvalue weighted by atomic mass is 32.2. The number of sulfonamides is 1. The third kappa shape index (κ3) is 4.04. The van der Waals surface area contributed by atoms with Crippen molar-refractivity contribution in [1.82, 2.24) is 4.31 Å². The van der Waals surface area contributed by atoms with Gasteiger partial charge in [-0.25, -0.2) is 17.5 Å². The van der Waals surface area contributed by atoms with Crippen molar-refractivity contribution in [2.75, 3.05) is 13.6 Å². The number of carboxylic acids is 1. The number of hydrogen-bond acceptors (Lipinski definition) is 3. The van der Waals surface area contributed by atoms with Gasteiger partial charge in [-0.15, -0.1) is 0 Å². The summed E-state index contributed by atoms with van der Waals surface area (Å²) in [6.45, 7) is 7.89. The van der Waals surface area contributed by atoms with Gasteiger partial charge in [-0.05, 0) is 49.4 Å². The van der Waals surface area contributed by atoms with Crippen LogP contribution in [0.15, 0.2) is 17.0 Å². The molecule has 0 aliphatic carbocycles. The van der Waals surface area contributed by atoms with Gasteiger partial charge in [-0.3, -0.25) is 0 Å². The zero-order valence-electron chi connectivity index (χ0n) is 13.2. The Bertz CT molecular complexity index is 635. The smallest absolute Gasteiger partial charge is 0.335 e. The van der Waals surface area contributed by atoms with Crippen molar-refractivity contribution in [3.8, 4) is 0 Å². The molecular weight excluding hydrogens is 290 g/mol. The lowest BCUT2D eigenvalue weighted by Crippen LogP contribution is -2.29. The van der Waals surface area contributed by atoms with Gasteiger partial charge in [0.25, 0.3) is 0 Å². The minimum Gasteiger partial charge on any atom is -0.478 e. The summed E-state index contributed by atoms with van der Waals surface area (Å²) in [5.41, 5.74) is 1.25. The molecule has 0 saturated carbocycles. The highest BCUT2D eigenvalue weighted by molar-refractivity contribution is 7.89. The molecule has 5 nitrogen and oxygen atoms in total. The highest BCUT2D eigenvalue weighted by Crippen LogP contribution is 2.24. The molecule has 0 aliphatic heterocycles. The molecule has 0 heterocycles. The van der Waals surface area contributed by atoms with Crippen molar-refractivity contribution in [3.05, 3.63) is 28.8 Å². The van der Waals surface area contributed by atoms with Crippen LogP contribution in [0.2, 0.25) is 0 Å². The van der Waals surface area contributed by atoms with Crippen molar-refractivity contribution in [1.29, 1.82) is 0 Å². The van der Waals surface area contributed by atoms with E-state index in [-0.39, 0.29) is 10.5 Å². The predicted octanol–water partition coefficient (Wildman–Crippen LogP) is 2.67. The molecule has 1 N–H and O–H groups in total. The van der Waals surface area contributed by atoms with Crippen molar-refractivity contribution in [3.63, 3.8) is 0 Å². The molecule has 1 rings (SSSR count). The lowest BCUT2D eigenvalue weighted by molar-refractivity contribution is 0.0696. The topological polar surface area (TPSA) is 74.7 Å². The first-order chi connectivity index (χ1) is 9.57. The fourth-order valence-electron chi connectivity index (χ4n) is 1.95. The summed E-state index contributed by atoms with van der Waals surface area (Å²) in [7, 11) is -2.15. The molecule has 1 aromatic rings. The first-order valence-corrected chi connectivity index (χ1v) is 8.32. The van der Waals surface area contributed by atoms with Gasteiger partial charge >= 0.3 is 5.97 Å². The van der Waals surface area contributed by atoms with Crippen LogP contribution in [0.4, 0.5) is 0 Å². The van der Waals surface area contributed by atoms with E-state index in [9.17, 15) is 13.2 Å². The zero-order valence-corrected chi connectivity index (χ0v) is 14.0. The average Bonchev–Trinajstić information content (AvgIpc) is 2.38. The molecule has 0 radical (unpaired) electrons. The maximum atomic E-state index is 12.6. The van der Waals surface area contributed by atoms with Crippen LogP contribution < -0.4 is 0 Å². The first kappa shape index (κ1) is 17.7. The van der Waals surface area contributed by atoms with Crippen LogP contribution in [0.5, 0.6) is 0 Å². The number of benzene rings is 1. The molecule has 0 spiro atoms. The van der Waals surface area contributed by atoms with Crippen LogP contribution in [0, 0.1) is 19.8 Å². The van der Waals surface area contributed by atoms with E-state index >= 15 is 0 Å². The number of hydrogen-bond donors (Lipinski definition) is 1. The Labute approximate surface area is 126 Å². The zero-order chi connectivity index (χ0) is 16.4. The van der Waals surface area contributed by atoms with Crippen molar-refractivity contribution in [2.45, 2.75) is 39.0 Å². The van der Waals surface area contributed by atoms with Crippen LogP contribution in [0.3, 0.4) is 0 Å². The maximum absolute atomic E-state index is 12.6. The molecule has 0 aromatic heterocycles. The van der Waals surface area contributed by atoms with E-state index < -0.39 is 16.0 Å². The third-order valence-electron chi connectivity index (χ3n) is 3.58. The highest BCUT2D eigenvalue weighted by Gasteiger charge is 2.25. The average molecular weight is 313 g/mol. The van der Waals surface area contributed by atoms with Crippen LogP contribution in [0.25, 0.3) is 0 Å². The Balaban J connectivity index is 3.27. The monoisotopic (exact) mass is 313 g/mol. The van der Waals surface area contributed by atoms with E-state index in [1.54, 1.807) is 13.8 Å². The van der Waals surface area contributed by atoms with Crippen LogP contribution >= 0.6 is 0 Å². The van der Waals surface area contributed by atoms with Gasteiger partial charge in [0.15, 0.2) is 0 Å². The number of carbonyl (C=O) groups is 1. The third-order valence-corrected chi connectivity index (χ3v) is 5.56. The van der Waals surface area contributed by atoms with E-state index in [2.05, 4.69) is 0 Å². The van der Waals surface area contributed by atoms with Crippen molar-refractivity contribution in [2.24, 2.45) is 5.92 Å². The molecule has 1 aromatic carbocycles. The van der Waals surface area contributed by atoms with E-state index in [0.717, 1.165) is 6.42 Å². The Morgan fingerprint density at radius 1 is 1.29 bits per heavy atom. The molecule has 0 atom stereocenters. The van der Waals surface area contributed by atoms with E-state index in [0.29, 0.717) is 23.6 Å². The largest absolute Gasteiger partial charge is 0.478 e. The van der Waals surface area contributed by atoms with Gasteiger partial charge in [0, 0.05) is 13.6 Å². The summed E-state index contributed by atoms with van der Waals surface area (Å²) < 4.78 is 26.5. The number of aromatic carboxylic acids is 1. The minimum absolute atomic E-state index is 0.00562. The van der Waals surface area contributed by atoms with Crippen LogP contribution in [-0.2, 0) is 10.0 Å². The molecule has 0 saturated heterocycles. The van der Waals surface area contributed by atoms with Gasteiger partial charge in [-0.1, -0.05) is 13.8 Å². The fraction of sp³-hybridized carbons (Fsp3) is 0.533. The molecule has 6 heteroatoms. The van der Waals surface area contributed by atoms with Crippen LogP contribution in [0.1, 0.15) is 41.8 Å². The predicted molar refractivity (Wildman–Crippen MR) is 82.1 cm³/mol. The van der Waals surface area contributed by atoms with E-state index in [4.69, 9.17) is 5.11 Å². The molecule has 0 aliphatic rings. The van der Waals surface area contributed by atoms with Crippen LogP contribution in [-0.4, -0.2) is 37.4 Å². The number of aryl methyl sites for hydroxylation is 1. The lowest BCUT2D eigenvalue weighted by Gasteiger charge is -2.20. The standard InChI is InChI=1S/C15H23NO4S/c1-10(2)6-7-16(5)21(19,20)14-9-13(15(17)18)8-11(3)12(14)4/h8-10H,6-7H2,1-5H3,(H,17,18). The van der Waals surface area contributed by atoms with Gasteiger partial charge < -0.3 is 5.11 Å². The minimum atomic E-state index is -3.67. The van der Waals surface area contributed by atoms with Gasteiger partial charge in [0.05, 0.1) is 10.5 Å². The molecule has 0 amide bonds. The van der Waals surface area contributed by atoms with E-state index in [1.165, 1.54) is 23.5 Å². The van der Waals surface area contributed by atoms with Crippen molar-refractivity contribution < 1.29 is 18.3 Å². The first-order valence-electron chi connectivity index (χ1n) is 6.88. The summed E-state index contributed by atoms with van der Waals surface area (Å²) in [6, 6.07) is 2.73.